The van der Waals surface area contributed by atoms with E-state index < -0.39 is 0 Å². The van der Waals surface area contributed by atoms with Gasteiger partial charge in [-0.2, -0.15) is 0 Å². The van der Waals surface area contributed by atoms with E-state index in [0.717, 1.165) is 30.3 Å². The Morgan fingerprint density at radius 3 is 3.00 bits per heavy atom. The van der Waals surface area contributed by atoms with Crippen LogP contribution in [0.2, 0.25) is 0 Å². The van der Waals surface area contributed by atoms with Crippen molar-refractivity contribution >= 4 is 21.6 Å². The summed E-state index contributed by atoms with van der Waals surface area (Å²) >= 11 is 3.39. The van der Waals surface area contributed by atoms with E-state index in [-0.39, 0.29) is 5.82 Å². The normalized spacial score (nSPS) is 19.9. The third kappa shape index (κ3) is 2.82. The Bertz CT molecular complexity index is 380. The van der Waals surface area contributed by atoms with Crippen LogP contribution in [0.5, 0.6) is 0 Å². The number of halogens is 2. The number of anilines is 1. The van der Waals surface area contributed by atoms with Crippen LogP contribution in [-0.4, -0.2) is 13.1 Å². The molecule has 1 unspecified atom stereocenters. The molecule has 2 rings (SSSR count). The predicted molar refractivity (Wildman–Crippen MR) is 74.3 cm³/mol. The van der Waals surface area contributed by atoms with Gasteiger partial charge in [-0.3, -0.25) is 0 Å². The van der Waals surface area contributed by atoms with Crippen molar-refractivity contribution in [2.45, 2.75) is 31.5 Å². The first-order valence-corrected chi connectivity index (χ1v) is 7.46. The van der Waals surface area contributed by atoms with Crippen molar-refractivity contribution in [3.8, 4) is 0 Å². The Kier molecular flexibility index (Phi) is 4.43. The average Bonchev–Trinajstić information content (AvgIpc) is 2.78. The molecule has 1 heterocycles. The third-order valence-corrected chi connectivity index (χ3v) is 4.11. The molecule has 17 heavy (non-hydrogen) atoms. The molecule has 94 valence electrons. The van der Waals surface area contributed by atoms with Gasteiger partial charge in [-0.05, 0) is 30.9 Å². The second-order valence-corrected chi connectivity index (χ2v) is 5.32. The van der Waals surface area contributed by atoms with Gasteiger partial charge >= 0.3 is 0 Å². The lowest BCUT2D eigenvalue weighted by Crippen LogP contribution is -2.21. The van der Waals surface area contributed by atoms with Gasteiger partial charge in [-0.15, -0.1) is 0 Å². The summed E-state index contributed by atoms with van der Waals surface area (Å²) in [6.45, 7) is 4.38. The Balaban J connectivity index is 2.15. The summed E-state index contributed by atoms with van der Waals surface area (Å²) in [5.41, 5.74) is 1.87. The first-order chi connectivity index (χ1) is 8.26. The van der Waals surface area contributed by atoms with E-state index in [1.807, 2.05) is 12.1 Å². The maximum absolute atomic E-state index is 13.7. The van der Waals surface area contributed by atoms with E-state index in [9.17, 15) is 4.39 Å². The van der Waals surface area contributed by atoms with Crippen LogP contribution in [0, 0.1) is 11.7 Å². The molecular formula is C14H19BrFN. The van der Waals surface area contributed by atoms with Crippen LogP contribution in [0.4, 0.5) is 10.1 Å². The van der Waals surface area contributed by atoms with Gasteiger partial charge in [-0.25, -0.2) is 4.39 Å². The highest BCUT2D eigenvalue weighted by atomic mass is 79.9. The number of rotatable bonds is 4. The predicted octanol–water partition coefficient (Wildman–Crippen LogP) is 4.35. The van der Waals surface area contributed by atoms with E-state index in [1.54, 1.807) is 6.07 Å². The van der Waals surface area contributed by atoms with E-state index in [0.29, 0.717) is 5.33 Å². The number of alkyl halides is 1. The summed E-state index contributed by atoms with van der Waals surface area (Å²) in [6, 6.07) is 5.39. The van der Waals surface area contributed by atoms with Crippen LogP contribution in [0.3, 0.4) is 0 Å². The minimum absolute atomic E-state index is 0.0988. The van der Waals surface area contributed by atoms with Gasteiger partial charge in [-0.1, -0.05) is 35.3 Å². The van der Waals surface area contributed by atoms with Gasteiger partial charge in [0.05, 0.1) is 0 Å². The van der Waals surface area contributed by atoms with Crippen molar-refractivity contribution in [3.63, 3.8) is 0 Å². The molecule has 0 aromatic heterocycles. The summed E-state index contributed by atoms with van der Waals surface area (Å²) in [7, 11) is 0. The zero-order chi connectivity index (χ0) is 12.3. The first-order valence-electron chi connectivity index (χ1n) is 6.34. The lowest BCUT2D eigenvalue weighted by Gasteiger charge is -2.21. The van der Waals surface area contributed by atoms with Crippen LogP contribution in [0.15, 0.2) is 18.2 Å². The third-order valence-electron chi connectivity index (χ3n) is 3.55. The Hall–Kier alpha value is -0.570. The summed E-state index contributed by atoms with van der Waals surface area (Å²) in [6.07, 6.45) is 3.77. The molecular weight excluding hydrogens is 281 g/mol. The molecule has 1 saturated heterocycles. The molecule has 1 nitrogen and oxygen atoms in total. The van der Waals surface area contributed by atoms with Gasteiger partial charge < -0.3 is 4.90 Å². The molecule has 0 bridgehead atoms. The van der Waals surface area contributed by atoms with Gasteiger partial charge in [0.25, 0.3) is 0 Å². The lowest BCUT2D eigenvalue weighted by molar-refractivity contribution is 0.529. The smallest absolute Gasteiger partial charge is 0.129 e. The van der Waals surface area contributed by atoms with Crippen LogP contribution < -0.4 is 4.90 Å². The van der Waals surface area contributed by atoms with E-state index >= 15 is 0 Å². The molecule has 1 aliphatic rings. The highest BCUT2D eigenvalue weighted by molar-refractivity contribution is 9.08. The maximum atomic E-state index is 13.7. The molecule has 1 aromatic rings. The standard InChI is InChI=1S/C14H19BrFN/c1-2-4-11-7-8-17(10-11)14-6-3-5-13(16)12(14)9-15/h3,5-6,11H,2,4,7-10H2,1H3. The van der Waals surface area contributed by atoms with Crippen LogP contribution in [0.25, 0.3) is 0 Å². The van der Waals surface area contributed by atoms with Crippen LogP contribution in [-0.2, 0) is 5.33 Å². The largest absolute Gasteiger partial charge is 0.371 e. The van der Waals surface area contributed by atoms with Crippen molar-refractivity contribution in [1.82, 2.24) is 0 Å². The summed E-state index contributed by atoms with van der Waals surface area (Å²) < 4.78 is 13.7. The monoisotopic (exact) mass is 299 g/mol. The molecule has 0 amide bonds. The Labute approximate surface area is 111 Å². The van der Waals surface area contributed by atoms with Gasteiger partial charge in [0.15, 0.2) is 0 Å². The number of nitrogens with zero attached hydrogens (tertiary/aromatic N) is 1. The molecule has 3 heteroatoms. The Morgan fingerprint density at radius 2 is 2.29 bits per heavy atom. The van der Waals surface area contributed by atoms with Gasteiger partial charge in [0.2, 0.25) is 0 Å². The SMILES string of the molecule is CCCC1CCN(c2cccc(F)c2CBr)C1. The second-order valence-electron chi connectivity index (χ2n) is 4.76. The molecule has 0 N–H and O–H groups in total. The molecule has 0 saturated carbocycles. The highest BCUT2D eigenvalue weighted by Crippen LogP contribution is 2.31. The molecule has 1 fully saturated rings. The fourth-order valence-electron chi connectivity index (χ4n) is 2.67. The molecule has 1 aromatic carbocycles. The molecule has 1 aliphatic heterocycles. The van der Waals surface area contributed by atoms with Crippen molar-refractivity contribution in [2.24, 2.45) is 5.92 Å². The molecule has 0 aliphatic carbocycles. The van der Waals surface area contributed by atoms with Crippen molar-refractivity contribution in [2.75, 3.05) is 18.0 Å². The zero-order valence-electron chi connectivity index (χ0n) is 10.3. The second kappa shape index (κ2) is 5.85. The quantitative estimate of drug-likeness (QED) is 0.747. The highest BCUT2D eigenvalue weighted by Gasteiger charge is 2.24. The number of benzene rings is 1. The first kappa shape index (κ1) is 12.9. The number of hydrogen-bond donors (Lipinski definition) is 0. The fraction of sp³-hybridized carbons (Fsp3) is 0.571. The minimum Gasteiger partial charge on any atom is -0.371 e. The average molecular weight is 300 g/mol. The summed E-state index contributed by atoms with van der Waals surface area (Å²) in [5, 5.41) is 0.587. The van der Waals surface area contributed by atoms with Crippen molar-refractivity contribution < 1.29 is 4.39 Å². The van der Waals surface area contributed by atoms with Gasteiger partial charge in [0.1, 0.15) is 5.82 Å². The summed E-state index contributed by atoms with van der Waals surface area (Å²) in [4.78, 5) is 2.33. The van der Waals surface area contributed by atoms with Crippen molar-refractivity contribution in [3.05, 3.63) is 29.6 Å². The van der Waals surface area contributed by atoms with E-state index in [4.69, 9.17) is 0 Å². The Morgan fingerprint density at radius 1 is 1.47 bits per heavy atom. The minimum atomic E-state index is -0.0988. The van der Waals surface area contributed by atoms with E-state index in [2.05, 4.69) is 27.8 Å². The maximum Gasteiger partial charge on any atom is 0.129 e. The van der Waals surface area contributed by atoms with Crippen LogP contribution >= 0.6 is 15.9 Å². The summed E-state index contributed by atoms with van der Waals surface area (Å²) in [5.74, 6) is 0.685. The zero-order valence-corrected chi connectivity index (χ0v) is 11.8. The fourth-order valence-corrected chi connectivity index (χ4v) is 3.23. The topological polar surface area (TPSA) is 3.24 Å². The van der Waals surface area contributed by atoms with Crippen LogP contribution in [0.1, 0.15) is 31.7 Å². The molecule has 0 spiro atoms. The lowest BCUT2D eigenvalue weighted by atomic mass is 10.0. The van der Waals surface area contributed by atoms with E-state index in [1.165, 1.54) is 19.3 Å². The molecule has 1 atom stereocenters. The molecule has 0 radical (unpaired) electrons. The number of hydrogen-bond acceptors (Lipinski definition) is 1. The van der Waals surface area contributed by atoms with Crippen molar-refractivity contribution in [1.29, 1.82) is 0 Å². The van der Waals surface area contributed by atoms with Gasteiger partial charge in [0, 0.05) is 29.7 Å².